The van der Waals surface area contributed by atoms with E-state index < -0.39 is 11.7 Å². The summed E-state index contributed by atoms with van der Waals surface area (Å²) in [5.74, 6) is -1.19. The molecule has 1 N–H and O–H groups in total. The molecule has 1 aliphatic rings. The zero-order valence-corrected chi connectivity index (χ0v) is 15.4. The molecule has 2 aromatic rings. The first-order valence-electron chi connectivity index (χ1n) is 8.30. The quantitative estimate of drug-likeness (QED) is 0.800. The van der Waals surface area contributed by atoms with Gasteiger partial charge in [0, 0.05) is 18.7 Å². The molecule has 3 rings (SSSR count). The van der Waals surface area contributed by atoms with Crippen LogP contribution in [-0.4, -0.2) is 35.0 Å². The molecular formula is C20H17FN2O3S. The molecule has 1 saturated heterocycles. The van der Waals surface area contributed by atoms with E-state index in [1.54, 1.807) is 6.08 Å². The smallest absolute Gasteiger partial charge is 0.293 e. The average molecular weight is 384 g/mol. The van der Waals surface area contributed by atoms with Gasteiger partial charge in [0.15, 0.2) is 0 Å². The number of nitrogens with one attached hydrogen (secondary N) is 1. The minimum Gasteiger partial charge on any atom is -0.350 e. The van der Waals surface area contributed by atoms with Crippen LogP contribution >= 0.6 is 11.8 Å². The van der Waals surface area contributed by atoms with Crippen LogP contribution in [0.1, 0.15) is 21.5 Å². The molecule has 1 fully saturated rings. The maximum Gasteiger partial charge on any atom is 0.293 e. The summed E-state index contributed by atoms with van der Waals surface area (Å²) in [5, 5.41) is 2.25. The van der Waals surface area contributed by atoms with Gasteiger partial charge in [-0.3, -0.25) is 19.3 Å². The van der Waals surface area contributed by atoms with Crippen LogP contribution in [0.5, 0.6) is 0 Å². The van der Waals surface area contributed by atoms with Crippen LogP contribution in [0.15, 0.2) is 53.4 Å². The van der Waals surface area contributed by atoms with Crippen LogP contribution in [0, 0.1) is 12.7 Å². The molecule has 0 aliphatic carbocycles. The summed E-state index contributed by atoms with van der Waals surface area (Å²) < 4.78 is 12.9. The Morgan fingerprint density at radius 2 is 1.78 bits per heavy atom. The molecule has 3 amide bonds. The second kappa shape index (κ2) is 8.18. The van der Waals surface area contributed by atoms with Crippen molar-refractivity contribution < 1.29 is 18.8 Å². The van der Waals surface area contributed by atoms with E-state index in [2.05, 4.69) is 5.32 Å². The highest BCUT2D eigenvalue weighted by atomic mass is 32.2. The summed E-state index contributed by atoms with van der Waals surface area (Å²) in [5.41, 5.74) is 2.26. The Morgan fingerprint density at radius 3 is 2.44 bits per heavy atom. The second-order valence-electron chi connectivity index (χ2n) is 6.01. The second-order valence-corrected chi connectivity index (χ2v) is 7.00. The van der Waals surface area contributed by atoms with Gasteiger partial charge in [-0.1, -0.05) is 29.8 Å². The maximum absolute atomic E-state index is 12.9. The van der Waals surface area contributed by atoms with Crippen molar-refractivity contribution >= 4 is 34.9 Å². The van der Waals surface area contributed by atoms with Crippen molar-refractivity contribution in [2.75, 3.05) is 13.1 Å². The van der Waals surface area contributed by atoms with E-state index in [9.17, 15) is 18.8 Å². The maximum atomic E-state index is 12.9. The summed E-state index contributed by atoms with van der Waals surface area (Å²) in [6.07, 6.45) is 1.68. The van der Waals surface area contributed by atoms with Crippen molar-refractivity contribution in [2.45, 2.75) is 6.92 Å². The molecule has 1 heterocycles. The lowest BCUT2D eigenvalue weighted by atomic mass is 10.1. The van der Waals surface area contributed by atoms with Crippen LogP contribution < -0.4 is 5.32 Å². The van der Waals surface area contributed by atoms with Gasteiger partial charge in [-0.25, -0.2) is 4.39 Å². The average Bonchev–Trinajstić information content (AvgIpc) is 2.91. The number of benzene rings is 2. The number of nitrogens with zero attached hydrogens (tertiary/aromatic N) is 1. The first-order chi connectivity index (χ1) is 12.9. The molecule has 5 nitrogen and oxygen atoms in total. The molecule has 0 spiro atoms. The van der Waals surface area contributed by atoms with E-state index in [-0.39, 0.29) is 24.2 Å². The predicted molar refractivity (Wildman–Crippen MR) is 103 cm³/mol. The van der Waals surface area contributed by atoms with Crippen LogP contribution in [0.25, 0.3) is 6.08 Å². The molecule has 1 aliphatic heterocycles. The number of hydrogen-bond acceptors (Lipinski definition) is 4. The zero-order chi connectivity index (χ0) is 19.4. The molecule has 27 heavy (non-hydrogen) atoms. The lowest BCUT2D eigenvalue weighted by Crippen LogP contribution is -2.37. The number of hydrogen-bond donors (Lipinski definition) is 1. The number of carbonyl (C=O) groups excluding carboxylic acids is 3. The fraction of sp³-hybridized carbons (Fsp3) is 0.150. The Kier molecular flexibility index (Phi) is 5.71. The largest absolute Gasteiger partial charge is 0.350 e. The zero-order valence-electron chi connectivity index (χ0n) is 14.6. The predicted octanol–water partition coefficient (Wildman–Crippen LogP) is 3.60. The van der Waals surface area contributed by atoms with E-state index in [1.165, 1.54) is 24.3 Å². The normalized spacial score (nSPS) is 15.5. The third kappa shape index (κ3) is 4.62. The van der Waals surface area contributed by atoms with Crippen LogP contribution in [0.2, 0.25) is 0 Å². The number of imide groups is 1. The summed E-state index contributed by atoms with van der Waals surface area (Å²) in [6, 6.07) is 12.8. The molecular weight excluding hydrogens is 367 g/mol. The number of carbonyl (C=O) groups is 3. The van der Waals surface area contributed by atoms with Crippen LogP contribution in [0.3, 0.4) is 0 Å². The topological polar surface area (TPSA) is 66.5 Å². The Labute approximate surface area is 160 Å². The SMILES string of the molecule is Cc1ccc(/C=C2\SC(=O)N(CCNC(=O)c3ccc(F)cc3)C2=O)cc1. The fourth-order valence-electron chi connectivity index (χ4n) is 2.49. The number of aryl methyl sites for hydroxylation is 1. The monoisotopic (exact) mass is 384 g/mol. The van der Waals surface area contributed by atoms with Crippen LogP contribution in [0.4, 0.5) is 9.18 Å². The summed E-state index contributed by atoms with van der Waals surface area (Å²) >= 11 is 0.882. The number of thioether (sulfide) groups is 1. The standard InChI is InChI=1S/C20H17FN2O3S/c1-13-2-4-14(5-3-13)12-17-19(25)23(20(26)27-17)11-10-22-18(24)15-6-8-16(21)9-7-15/h2-9,12H,10-11H2,1H3,(H,22,24)/b17-12-. The summed E-state index contributed by atoms with van der Waals surface area (Å²) in [6.45, 7) is 2.16. The van der Waals surface area contributed by atoms with Crippen molar-refractivity contribution in [3.63, 3.8) is 0 Å². The molecule has 0 saturated carbocycles. The number of rotatable bonds is 5. The highest BCUT2D eigenvalue weighted by molar-refractivity contribution is 8.18. The Bertz CT molecular complexity index is 908. The van der Waals surface area contributed by atoms with Gasteiger partial charge >= 0.3 is 0 Å². The Balaban J connectivity index is 1.58. The van der Waals surface area contributed by atoms with Gasteiger partial charge in [0.05, 0.1) is 4.91 Å². The first-order valence-corrected chi connectivity index (χ1v) is 9.11. The lowest BCUT2D eigenvalue weighted by Gasteiger charge is -2.13. The molecule has 0 unspecified atom stereocenters. The Morgan fingerprint density at radius 1 is 1.11 bits per heavy atom. The first kappa shape index (κ1) is 18.8. The van der Waals surface area contributed by atoms with E-state index >= 15 is 0 Å². The van der Waals surface area contributed by atoms with Gasteiger partial charge in [0.2, 0.25) is 0 Å². The third-order valence-corrected chi connectivity index (χ3v) is 4.88. The molecule has 0 atom stereocenters. The minimum atomic E-state index is -0.426. The fourth-order valence-corrected chi connectivity index (χ4v) is 3.36. The van der Waals surface area contributed by atoms with Crippen molar-refractivity contribution in [3.8, 4) is 0 Å². The molecule has 7 heteroatoms. The number of amides is 3. The molecule has 0 radical (unpaired) electrons. The van der Waals surface area contributed by atoms with Gasteiger partial charge < -0.3 is 5.32 Å². The van der Waals surface area contributed by atoms with E-state index in [0.717, 1.165) is 27.8 Å². The lowest BCUT2D eigenvalue weighted by molar-refractivity contribution is -0.122. The van der Waals surface area contributed by atoms with Gasteiger partial charge in [0.25, 0.3) is 17.1 Å². The highest BCUT2D eigenvalue weighted by Gasteiger charge is 2.34. The summed E-state index contributed by atoms with van der Waals surface area (Å²) in [4.78, 5) is 38.0. The van der Waals surface area contributed by atoms with E-state index in [0.29, 0.717) is 10.5 Å². The Hall–Kier alpha value is -2.93. The third-order valence-electron chi connectivity index (χ3n) is 3.98. The summed E-state index contributed by atoms with van der Waals surface area (Å²) in [7, 11) is 0. The molecule has 0 aromatic heterocycles. The van der Waals surface area contributed by atoms with Gasteiger partial charge in [-0.15, -0.1) is 0 Å². The number of halogens is 1. The van der Waals surface area contributed by atoms with Crippen LogP contribution in [-0.2, 0) is 4.79 Å². The highest BCUT2D eigenvalue weighted by Crippen LogP contribution is 2.31. The molecule has 0 bridgehead atoms. The van der Waals surface area contributed by atoms with Crippen molar-refractivity contribution in [3.05, 3.63) is 75.9 Å². The van der Waals surface area contributed by atoms with Gasteiger partial charge in [0.1, 0.15) is 5.82 Å². The molecule has 2 aromatic carbocycles. The van der Waals surface area contributed by atoms with Crippen molar-refractivity contribution in [2.24, 2.45) is 0 Å². The molecule has 138 valence electrons. The van der Waals surface area contributed by atoms with Crippen molar-refractivity contribution in [1.29, 1.82) is 0 Å². The van der Waals surface area contributed by atoms with E-state index in [1.807, 2.05) is 31.2 Å². The van der Waals surface area contributed by atoms with E-state index in [4.69, 9.17) is 0 Å². The minimum absolute atomic E-state index is 0.0723. The van der Waals surface area contributed by atoms with Gasteiger partial charge in [-0.05, 0) is 54.6 Å². The van der Waals surface area contributed by atoms with Gasteiger partial charge in [-0.2, -0.15) is 0 Å². The van der Waals surface area contributed by atoms with Crippen molar-refractivity contribution in [1.82, 2.24) is 10.2 Å².